The van der Waals surface area contributed by atoms with Crippen molar-refractivity contribution in [2.75, 3.05) is 5.73 Å². The molecule has 0 unspecified atom stereocenters. The predicted molar refractivity (Wildman–Crippen MR) is 30.9 cm³/mol. The lowest BCUT2D eigenvalue weighted by Gasteiger charge is -1.83. The van der Waals surface area contributed by atoms with E-state index in [0.717, 1.165) is 0 Å². The van der Waals surface area contributed by atoms with Gasteiger partial charge >= 0.3 is 0 Å². The van der Waals surface area contributed by atoms with Crippen LogP contribution in [0.4, 0.5) is 5.69 Å². The maximum Gasteiger partial charge on any atom is 0.0623 e. The van der Waals surface area contributed by atoms with Crippen LogP contribution < -0.4 is 5.73 Å². The summed E-state index contributed by atoms with van der Waals surface area (Å²) in [5.41, 5.74) is 6.05. The van der Waals surface area contributed by atoms with Gasteiger partial charge in [0.05, 0.1) is 1.37 Å². The highest BCUT2D eigenvalue weighted by molar-refractivity contribution is 5.35. The number of hydrogen-bond donors (Lipinski definition) is 1. The Labute approximate surface area is 44.2 Å². The lowest BCUT2D eigenvalue weighted by Crippen LogP contribution is -1.79. The fraction of sp³-hybridized carbons (Fsp3) is 0. The molecule has 0 radical (unpaired) electrons. The molecule has 0 aliphatic carbocycles. The van der Waals surface area contributed by atoms with E-state index < -0.39 is 0 Å². The van der Waals surface area contributed by atoms with Gasteiger partial charge in [-0.05, 0) is 12.1 Å². The Hall–Kier alpha value is -0.980. The van der Waals surface area contributed by atoms with Gasteiger partial charge in [-0.3, -0.25) is 0 Å². The zero-order valence-corrected chi connectivity index (χ0v) is 3.89. The standard InChI is InChI=1S/C6H7N/c7-6-4-2-1-3-5-6/h1-5H,7H2/i1T. The van der Waals surface area contributed by atoms with Crippen molar-refractivity contribution < 1.29 is 1.37 Å². The molecule has 7 heavy (non-hydrogen) atoms. The molecule has 0 bridgehead atoms. The molecule has 0 atom stereocenters. The van der Waals surface area contributed by atoms with Crippen LogP contribution in [0.2, 0.25) is 0 Å². The zero-order valence-electron chi connectivity index (χ0n) is 4.89. The van der Waals surface area contributed by atoms with Gasteiger partial charge in [-0.15, -0.1) is 0 Å². The molecular formula is C6H7N. The summed E-state index contributed by atoms with van der Waals surface area (Å²) in [5, 5.41) is 0. The van der Waals surface area contributed by atoms with E-state index in [1.54, 1.807) is 24.3 Å². The van der Waals surface area contributed by atoms with Gasteiger partial charge in [0.1, 0.15) is 0 Å². The number of nitrogens with two attached hydrogens (primary N) is 1. The summed E-state index contributed by atoms with van der Waals surface area (Å²) in [6.45, 7) is 0. The predicted octanol–water partition coefficient (Wildman–Crippen LogP) is 1.27. The van der Waals surface area contributed by atoms with Crippen molar-refractivity contribution in [1.82, 2.24) is 0 Å². The zero-order chi connectivity index (χ0) is 5.98. The molecular weight excluding hydrogens is 86.1 g/mol. The van der Waals surface area contributed by atoms with Crippen LogP contribution in [0.1, 0.15) is 1.37 Å². The van der Waals surface area contributed by atoms with E-state index in [-0.39, 0.29) is 0 Å². The van der Waals surface area contributed by atoms with Crippen LogP contribution in [0.5, 0.6) is 0 Å². The van der Waals surface area contributed by atoms with Crippen molar-refractivity contribution in [2.45, 2.75) is 0 Å². The topological polar surface area (TPSA) is 26.0 Å². The first-order chi connectivity index (χ1) is 3.79. The van der Waals surface area contributed by atoms with Gasteiger partial charge in [-0.2, -0.15) is 0 Å². The number of para-hydroxylation sites is 1. The molecule has 0 aromatic heterocycles. The molecule has 1 heteroatoms. The van der Waals surface area contributed by atoms with Gasteiger partial charge in [-0.25, -0.2) is 0 Å². The molecule has 2 N–H and O–H groups in total. The molecule has 0 amide bonds. The quantitative estimate of drug-likeness (QED) is 0.482. The van der Waals surface area contributed by atoms with E-state index in [4.69, 9.17) is 7.10 Å². The minimum atomic E-state index is 0.499. The highest BCUT2D eigenvalue weighted by Crippen LogP contribution is 1.95. The van der Waals surface area contributed by atoms with Crippen LogP contribution in [-0.2, 0) is 0 Å². The van der Waals surface area contributed by atoms with Crippen LogP contribution in [0, 0.1) is 0 Å². The number of anilines is 1. The van der Waals surface area contributed by atoms with Gasteiger partial charge in [0, 0.05) is 5.69 Å². The number of rotatable bonds is 0. The highest BCUT2D eigenvalue weighted by Gasteiger charge is 1.72. The Balaban J connectivity index is 3.03. The largest absolute Gasteiger partial charge is 0.399 e. The Morgan fingerprint density at radius 3 is 2.43 bits per heavy atom. The Morgan fingerprint density at radius 2 is 2.00 bits per heavy atom. The second-order valence-electron chi connectivity index (χ2n) is 1.33. The van der Waals surface area contributed by atoms with Gasteiger partial charge in [0.15, 0.2) is 0 Å². The van der Waals surface area contributed by atoms with E-state index in [1.807, 2.05) is 0 Å². The minimum Gasteiger partial charge on any atom is -0.399 e. The molecule has 0 spiro atoms. The molecule has 0 aliphatic rings. The van der Waals surface area contributed by atoms with Gasteiger partial charge < -0.3 is 5.73 Å². The first kappa shape index (κ1) is 3.08. The summed E-state index contributed by atoms with van der Waals surface area (Å²) >= 11 is 0. The SMILES string of the molecule is [3H]c1ccc(N)cc1. The second kappa shape index (κ2) is 1.65. The summed E-state index contributed by atoms with van der Waals surface area (Å²) in [7, 11) is 0. The number of benzene rings is 1. The summed E-state index contributed by atoms with van der Waals surface area (Å²) < 4.78 is 7.04. The maximum atomic E-state index is 7.04. The van der Waals surface area contributed by atoms with E-state index in [9.17, 15) is 0 Å². The summed E-state index contributed by atoms with van der Waals surface area (Å²) in [6, 6.07) is 7.24. The van der Waals surface area contributed by atoms with E-state index in [1.165, 1.54) is 0 Å². The van der Waals surface area contributed by atoms with Crippen molar-refractivity contribution >= 4 is 5.69 Å². The van der Waals surface area contributed by atoms with Gasteiger partial charge in [0.2, 0.25) is 0 Å². The summed E-state index contributed by atoms with van der Waals surface area (Å²) in [5.74, 6) is 0. The maximum absolute atomic E-state index is 7.04. The molecule has 36 valence electrons. The van der Waals surface area contributed by atoms with Crippen molar-refractivity contribution in [3.8, 4) is 0 Å². The second-order valence-corrected chi connectivity index (χ2v) is 1.33. The molecule has 1 aromatic carbocycles. The van der Waals surface area contributed by atoms with E-state index in [2.05, 4.69) is 0 Å². The first-order valence-corrected chi connectivity index (χ1v) is 2.11. The first-order valence-electron chi connectivity index (χ1n) is 2.61. The lowest BCUT2D eigenvalue weighted by atomic mass is 10.3. The Morgan fingerprint density at radius 1 is 1.43 bits per heavy atom. The van der Waals surface area contributed by atoms with E-state index in [0.29, 0.717) is 11.7 Å². The van der Waals surface area contributed by atoms with Crippen molar-refractivity contribution in [3.05, 3.63) is 30.3 Å². The number of nitrogen functional groups attached to an aromatic ring is 1. The average molecular weight is 95.1 g/mol. The normalized spacial score (nSPS) is 10.6. The highest BCUT2D eigenvalue weighted by atomic mass is 14.5. The van der Waals surface area contributed by atoms with Crippen molar-refractivity contribution in [3.63, 3.8) is 0 Å². The van der Waals surface area contributed by atoms with Crippen LogP contribution >= 0.6 is 0 Å². The van der Waals surface area contributed by atoms with Crippen LogP contribution in [0.25, 0.3) is 0 Å². The van der Waals surface area contributed by atoms with Crippen molar-refractivity contribution in [2.24, 2.45) is 0 Å². The average Bonchev–Trinajstić information content (AvgIpc) is 1.77. The molecule has 1 aromatic rings. The monoisotopic (exact) mass is 95.1 g/mol. The summed E-state index contributed by atoms with van der Waals surface area (Å²) in [4.78, 5) is 0. The molecule has 0 fully saturated rings. The third kappa shape index (κ3) is 0.929. The molecule has 1 nitrogen and oxygen atoms in total. The number of hydrogen-bond acceptors (Lipinski definition) is 1. The lowest BCUT2D eigenvalue weighted by molar-refractivity contribution is 1.69. The van der Waals surface area contributed by atoms with Crippen LogP contribution in [-0.4, -0.2) is 0 Å². The third-order valence-corrected chi connectivity index (χ3v) is 0.744. The molecule has 0 heterocycles. The van der Waals surface area contributed by atoms with Gasteiger partial charge in [0.25, 0.3) is 0 Å². The molecule has 0 aliphatic heterocycles. The van der Waals surface area contributed by atoms with E-state index >= 15 is 0 Å². The van der Waals surface area contributed by atoms with Gasteiger partial charge in [-0.1, -0.05) is 18.2 Å². The summed E-state index contributed by atoms with van der Waals surface area (Å²) in [6.07, 6.45) is 0. The molecule has 0 saturated carbocycles. The van der Waals surface area contributed by atoms with Crippen LogP contribution in [0.15, 0.2) is 30.3 Å². The Kier molecular flexibility index (Phi) is 0.724. The smallest absolute Gasteiger partial charge is 0.0623 e. The molecule has 0 saturated heterocycles. The fourth-order valence-electron chi connectivity index (χ4n) is 0.400. The van der Waals surface area contributed by atoms with Crippen LogP contribution in [0.3, 0.4) is 0 Å². The minimum absolute atomic E-state index is 0.499. The third-order valence-electron chi connectivity index (χ3n) is 0.744. The molecule has 1 rings (SSSR count). The Bertz CT molecular complexity index is 147. The van der Waals surface area contributed by atoms with Crippen molar-refractivity contribution in [1.29, 1.82) is 0 Å². The fourth-order valence-corrected chi connectivity index (χ4v) is 0.400.